The Morgan fingerprint density at radius 3 is 3.12 bits per heavy atom. The Labute approximate surface area is 101 Å². The van der Waals surface area contributed by atoms with Gasteiger partial charge in [-0.05, 0) is 29.0 Å². The van der Waals surface area contributed by atoms with E-state index in [9.17, 15) is 4.21 Å². The third-order valence-corrected chi connectivity index (χ3v) is 3.86. The minimum absolute atomic E-state index is 0.180. The molecule has 2 aromatic rings. The van der Waals surface area contributed by atoms with E-state index in [0.717, 1.165) is 13.0 Å². The summed E-state index contributed by atoms with van der Waals surface area (Å²) >= 11 is 0. The number of anilines is 1. The fourth-order valence-electron chi connectivity index (χ4n) is 1.31. The second kappa shape index (κ2) is 5.17. The summed E-state index contributed by atoms with van der Waals surface area (Å²) in [6.45, 7) is 2.69. The molecule has 8 heteroatoms. The number of hydrogen-bond acceptors (Lipinski definition) is 6. The Bertz CT molecular complexity index is 527. The van der Waals surface area contributed by atoms with Crippen molar-refractivity contribution in [2.24, 2.45) is 0 Å². The van der Waals surface area contributed by atoms with Crippen LogP contribution in [-0.4, -0.2) is 47.5 Å². The molecule has 0 amide bonds. The zero-order chi connectivity index (χ0) is 12.3. The third-order valence-electron chi connectivity index (χ3n) is 2.49. The molecule has 17 heavy (non-hydrogen) atoms. The molecule has 0 aliphatic carbocycles. The molecule has 1 N–H and O–H groups in total. The minimum atomic E-state index is -0.782. The first kappa shape index (κ1) is 11.9. The second-order valence-electron chi connectivity index (χ2n) is 3.77. The van der Waals surface area contributed by atoms with Crippen LogP contribution in [0.15, 0.2) is 12.1 Å². The Morgan fingerprint density at radius 2 is 2.35 bits per heavy atom. The van der Waals surface area contributed by atoms with Gasteiger partial charge in [-0.1, -0.05) is 6.92 Å². The maximum Gasteiger partial charge on any atom is 0.200 e. The van der Waals surface area contributed by atoms with Crippen molar-refractivity contribution in [1.82, 2.24) is 25.3 Å². The van der Waals surface area contributed by atoms with Crippen LogP contribution in [0.25, 0.3) is 5.65 Å². The molecule has 0 radical (unpaired) electrons. The van der Waals surface area contributed by atoms with E-state index in [4.69, 9.17) is 0 Å². The van der Waals surface area contributed by atoms with Gasteiger partial charge < -0.3 is 5.32 Å². The Kier molecular flexibility index (Phi) is 3.62. The molecule has 0 aliphatic heterocycles. The summed E-state index contributed by atoms with van der Waals surface area (Å²) in [5.74, 6) is 0.707. The number of nitrogens with zero attached hydrogens (tertiary/aromatic N) is 5. The summed E-state index contributed by atoms with van der Waals surface area (Å²) in [5.41, 5.74) is 0.610. The largest absolute Gasteiger partial charge is 0.369 e. The monoisotopic (exact) mass is 254 g/mol. The number of tetrazole rings is 1. The van der Waals surface area contributed by atoms with Crippen molar-refractivity contribution in [2.75, 3.05) is 18.1 Å². The van der Waals surface area contributed by atoms with Crippen molar-refractivity contribution in [3.05, 3.63) is 12.1 Å². The highest BCUT2D eigenvalue weighted by atomic mass is 32.2. The molecule has 2 unspecified atom stereocenters. The molecule has 0 saturated carbocycles. The number of fused-ring (bicyclic) bond motifs is 1. The van der Waals surface area contributed by atoms with Gasteiger partial charge in [-0.15, -0.1) is 14.8 Å². The Balaban J connectivity index is 1.92. The summed E-state index contributed by atoms with van der Waals surface area (Å²) in [6, 6.07) is 3.61. The van der Waals surface area contributed by atoms with Crippen LogP contribution in [0.1, 0.15) is 13.3 Å². The summed E-state index contributed by atoms with van der Waals surface area (Å²) in [4.78, 5) is 0. The van der Waals surface area contributed by atoms with Gasteiger partial charge in [0.25, 0.3) is 0 Å². The SMILES string of the molecule is CC(CCNc1ccc2nnnn2n1)S(C)=O. The molecule has 7 nitrogen and oxygen atoms in total. The molecule has 92 valence electrons. The van der Waals surface area contributed by atoms with E-state index in [1.165, 1.54) is 4.63 Å². The van der Waals surface area contributed by atoms with Crippen LogP contribution in [0.2, 0.25) is 0 Å². The molecule has 0 aromatic carbocycles. The fourth-order valence-corrected chi connectivity index (χ4v) is 1.76. The zero-order valence-corrected chi connectivity index (χ0v) is 10.5. The molecular weight excluding hydrogens is 240 g/mol. The van der Waals surface area contributed by atoms with Crippen LogP contribution < -0.4 is 5.32 Å². The van der Waals surface area contributed by atoms with Gasteiger partial charge in [0.15, 0.2) is 5.65 Å². The van der Waals surface area contributed by atoms with Gasteiger partial charge in [0, 0.05) is 28.9 Å². The normalized spacial score (nSPS) is 14.7. The van der Waals surface area contributed by atoms with Gasteiger partial charge in [0.2, 0.25) is 0 Å². The van der Waals surface area contributed by atoms with Crippen LogP contribution in [0.3, 0.4) is 0 Å². The Hall–Kier alpha value is -1.57. The van der Waals surface area contributed by atoms with Crippen LogP contribution in [0, 0.1) is 0 Å². The molecule has 0 saturated heterocycles. The quantitative estimate of drug-likeness (QED) is 0.814. The summed E-state index contributed by atoms with van der Waals surface area (Å²) in [7, 11) is -0.782. The van der Waals surface area contributed by atoms with Crippen molar-refractivity contribution in [1.29, 1.82) is 0 Å². The lowest BCUT2D eigenvalue weighted by Gasteiger charge is -2.09. The molecule has 2 heterocycles. The highest BCUT2D eigenvalue weighted by Gasteiger charge is 2.06. The lowest BCUT2D eigenvalue weighted by atomic mass is 10.3. The highest BCUT2D eigenvalue weighted by molar-refractivity contribution is 7.84. The summed E-state index contributed by atoms with van der Waals surface area (Å²) in [6.07, 6.45) is 2.55. The third kappa shape index (κ3) is 2.96. The van der Waals surface area contributed by atoms with Crippen LogP contribution in [-0.2, 0) is 10.8 Å². The smallest absolute Gasteiger partial charge is 0.200 e. The number of nitrogens with one attached hydrogen (secondary N) is 1. The van der Waals surface area contributed by atoms with E-state index in [2.05, 4.69) is 25.9 Å². The van der Waals surface area contributed by atoms with Crippen molar-refractivity contribution < 1.29 is 4.21 Å². The molecule has 2 atom stereocenters. The van der Waals surface area contributed by atoms with Crippen LogP contribution >= 0.6 is 0 Å². The lowest BCUT2D eigenvalue weighted by molar-refractivity contribution is 0.671. The highest BCUT2D eigenvalue weighted by Crippen LogP contribution is 2.05. The number of rotatable bonds is 5. The van der Waals surface area contributed by atoms with Gasteiger partial charge in [-0.2, -0.15) is 0 Å². The molecule has 2 rings (SSSR count). The van der Waals surface area contributed by atoms with Crippen molar-refractivity contribution >= 4 is 22.3 Å². The zero-order valence-electron chi connectivity index (χ0n) is 9.70. The standard InChI is InChI=1S/C9H14N6OS/c1-7(17(2)16)5-6-10-8-3-4-9-11-13-14-15(9)12-8/h3-4,7H,5-6H2,1-2H3,(H,10,12). The molecule has 2 aromatic heterocycles. The molecular formula is C9H14N6OS. The first-order valence-corrected chi connectivity index (χ1v) is 6.90. The molecule has 0 spiro atoms. The van der Waals surface area contributed by atoms with E-state index in [1.807, 2.05) is 13.0 Å². The van der Waals surface area contributed by atoms with Gasteiger partial charge in [-0.3, -0.25) is 4.21 Å². The van der Waals surface area contributed by atoms with E-state index >= 15 is 0 Å². The topological polar surface area (TPSA) is 85.1 Å². The van der Waals surface area contributed by atoms with Crippen LogP contribution in [0.4, 0.5) is 5.82 Å². The van der Waals surface area contributed by atoms with Gasteiger partial charge >= 0.3 is 0 Å². The van der Waals surface area contributed by atoms with Gasteiger partial charge in [0.1, 0.15) is 5.82 Å². The summed E-state index contributed by atoms with van der Waals surface area (Å²) in [5, 5.41) is 18.5. The van der Waals surface area contributed by atoms with Gasteiger partial charge in [-0.25, -0.2) is 0 Å². The van der Waals surface area contributed by atoms with E-state index in [-0.39, 0.29) is 5.25 Å². The summed E-state index contributed by atoms with van der Waals surface area (Å²) < 4.78 is 12.5. The maximum atomic E-state index is 11.2. The fraction of sp³-hybridized carbons (Fsp3) is 0.556. The van der Waals surface area contributed by atoms with E-state index in [0.29, 0.717) is 11.5 Å². The average molecular weight is 254 g/mol. The number of hydrogen-bond donors (Lipinski definition) is 1. The van der Waals surface area contributed by atoms with E-state index < -0.39 is 10.8 Å². The maximum absolute atomic E-state index is 11.2. The predicted octanol–water partition coefficient (Wildman–Crippen LogP) is 0.0883. The van der Waals surface area contributed by atoms with E-state index in [1.54, 1.807) is 12.3 Å². The van der Waals surface area contributed by atoms with Gasteiger partial charge in [0.05, 0.1) is 0 Å². The molecule has 0 bridgehead atoms. The minimum Gasteiger partial charge on any atom is -0.369 e. The van der Waals surface area contributed by atoms with Crippen LogP contribution in [0.5, 0.6) is 0 Å². The van der Waals surface area contributed by atoms with Crippen molar-refractivity contribution in [2.45, 2.75) is 18.6 Å². The second-order valence-corrected chi connectivity index (χ2v) is 5.57. The van der Waals surface area contributed by atoms with Crippen molar-refractivity contribution in [3.63, 3.8) is 0 Å². The first-order valence-electron chi connectivity index (χ1n) is 5.28. The average Bonchev–Trinajstić information content (AvgIpc) is 2.75. The lowest BCUT2D eigenvalue weighted by Crippen LogP contribution is -2.15. The molecule has 0 aliphatic rings. The van der Waals surface area contributed by atoms with Crippen molar-refractivity contribution in [3.8, 4) is 0 Å². The number of aromatic nitrogens is 5. The predicted molar refractivity (Wildman–Crippen MR) is 65.2 cm³/mol. The molecule has 0 fully saturated rings. The Morgan fingerprint density at radius 1 is 1.53 bits per heavy atom. The first-order chi connectivity index (χ1) is 8.16.